The second kappa shape index (κ2) is 5.39. The SMILES string of the molecule is Cc1ccc(NC(=O)N2CCCC23CCCNC3=O)cc1. The van der Waals surface area contributed by atoms with Crippen molar-refractivity contribution in [2.75, 3.05) is 18.4 Å². The van der Waals surface area contributed by atoms with Crippen molar-refractivity contribution in [3.8, 4) is 0 Å². The second-order valence-electron chi connectivity index (χ2n) is 5.94. The van der Waals surface area contributed by atoms with Gasteiger partial charge in [0.1, 0.15) is 5.54 Å². The Bertz CT molecular complexity index is 555. The Morgan fingerprint density at radius 2 is 1.95 bits per heavy atom. The molecule has 0 saturated carbocycles. The smallest absolute Gasteiger partial charge is 0.322 e. The number of carbonyl (C=O) groups excluding carboxylic acids is 2. The standard InChI is InChI=1S/C16H21N3O2/c1-12-4-6-13(7-5-12)18-15(21)19-11-3-9-16(19)8-2-10-17-14(16)20/h4-7H,2-3,8-11H2,1H3,(H,17,20)(H,18,21). The summed E-state index contributed by atoms with van der Waals surface area (Å²) in [6.07, 6.45) is 3.34. The van der Waals surface area contributed by atoms with Crippen LogP contribution < -0.4 is 10.6 Å². The first-order valence-electron chi connectivity index (χ1n) is 7.55. The lowest BCUT2D eigenvalue weighted by molar-refractivity contribution is -0.132. The Balaban J connectivity index is 1.77. The number of piperidine rings is 1. The van der Waals surface area contributed by atoms with Crippen molar-refractivity contribution in [1.29, 1.82) is 0 Å². The van der Waals surface area contributed by atoms with Crippen molar-refractivity contribution >= 4 is 17.6 Å². The van der Waals surface area contributed by atoms with Crippen molar-refractivity contribution in [2.45, 2.75) is 38.1 Å². The molecule has 3 rings (SSSR count). The van der Waals surface area contributed by atoms with Crippen LogP contribution in [0.5, 0.6) is 0 Å². The van der Waals surface area contributed by atoms with E-state index in [2.05, 4.69) is 10.6 Å². The molecule has 21 heavy (non-hydrogen) atoms. The Morgan fingerprint density at radius 1 is 1.24 bits per heavy atom. The maximum Gasteiger partial charge on any atom is 0.322 e. The molecule has 0 bridgehead atoms. The molecule has 2 N–H and O–H groups in total. The van der Waals surface area contributed by atoms with Gasteiger partial charge in [-0.2, -0.15) is 0 Å². The van der Waals surface area contributed by atoms with Crippen LogP contribution in [0, 0.1) is 6.92 Å². The molecule has 2 heterocycles. The van der Waals surface area contributed by atoms with Crippen molar-refractivity contribution in [3.05, 3.63) is 29.8 Å². The average Bonchev–Trinajstić information content (AvgIpc) is 2.89. The van der Waals surface area contributed by atoms with Crippen molar-refractivity contribution in [3.63, 3.8) is 0 Å². The zero-order valence-corrected chi connectivity index (χ0v) is 12.3. The molecule has 2 aliphatic heterocycles. The predicted molar refractivity (Wildman–Crippen MR) is 81.1 cm³/mol. The Hall–Kier alpha value is -2.04. The summed E-state index contributed by atoms with van der Waals surface area (Å²) in [7, 11) is 0. The van der Waals surface area contributed by atoms with Crippen LogP contribution in [-0.2, 0) is 4.79 Å². The average molecular weight is 287 g/mol. The minimum Gasteiger partial charge on any atom is -0.354 e. The maximum absolute atomic E-state index is 12.6. The third-order valence-electron chi connectivity index (χ3n) is 4.51. The third kappa shape index (κ3) is 2.48. The summed E-state index contributed by atoms with van der Waals surface area (Å²) in [5.74, 6) is 0.00491. The van der Waals surface area contributed by atoms with Crippen LogP contribution in [0.2, 0.25) is 0 Å². The molecule has 112 valence electrons. The molecule has 2 aliphatic rings. The van der Waals surface area contributed by atoms with Gasteiger partial charge in [0.05, 0.1) is 0 Å². The van der Waals surface area contributed by atoms with Gasteiger partial charge in [0, 0.05) is 18.8 Å². The fraction of sp³-hybridized carbons (Fsp3) is 0.500. The van der Waals surface area contributed by atoms with E-state index in [0.29, 0.717) is 13.1 Å². The van der Waals surface area contributed by atoms with Gasteiger partial charge in [0.25, 0.3) is 0 Å². The molecule has 0 radical (unpaired) electrons. The molecule has 1 atom stereocenters. The van der Waals surface area contributed by atoms with E-state index in [1.165, 1.54) is 0 Å². The van der Waals surface area contributed by atoms with Gasteiger partial charge < -0.3 is 15.5 Å². The van der Waals surface area contributed by atoms with E-state index >= 15 is 0 Å². The number of benzene rings is 1. The number of anilines is 1. The largest absolute Gasteiger partial charge is 0.354 e. The van der Waals surface area contributed by atoms with E-state index < -0.39 is 5.54 Å². The topological polar surface area (TPSA) is 61.4 Å². The molecule has 1 aromatic carbocycles. The summed E-state index contributed by atoms with van der Waals surface area (Å²) in [6, 6.07) is 7.52. The van der Waals surface area contributed by atoms with Crippen LogP contribution in [0.4, 0.5) is 10.5 Å². The molecule has 5 heteroatoms. The molecule has 1 spiro atoms. The van der Waals surface area contributed by atoms with Gasteiger partial charge >= 0.3 is 6.03 Å². The Labute approximate surface area is 124 Å². The molecular formula is C16H21N3O2. The second-order valence-corrected chi connectivity index (χ2v) is 5.94. The lowest BCUT2D eigenvalue weighted by Gasteiger charge is -2.39. The number of carbonyl (C=O) groups is 2. The molecule has 1 unspecified atom stereocenters. The van der Waals surface area contributed by atoms with Crippen LogP contribution in [0.1, 0.15) is 31.2 Å². The lowest BCUT2D eigenvalue weighted by Crippen LogP contribution is -2.60. The van der Waals surface area contributed by atoms with E-state index in [1.54, 1.807) is 4.90 Å². The molecule has 5 nitrogen and oxygen atoms in total. The predicted octanol–water partition coefficient (Wildman–Crippen LogP) is 2.27. The van der Waals surface area contributed by atoms with Crippen molar-refractivity contribution in [2.24, 2.45) is 0 Å². The quantitative estimate of drug-likeness (QED) is 0.832. The molecule has 2 saturated heterocycles. The van der Waals surface area contributed by atoms with Crippen molar-refractivity contribution in [1.82, 2.24) is 10.2 Å². The fourth-order valence-electron chi connectivity index (χ4n) is 3.36. The zero-order chi connectivity index (χ0) is 14.9. The molecule has 3 amide bonds. The summed E-state index contributed by atoms with van der Waals surface area (Å²) in [5, 5.41) is 5.82. The minimum atomic E-state index is -0.632. The van der Waals surface area contributed by atoms with E-state index in [4.69, 9.17) is 0 Å². The summed E-state index contributed by atoms with van der Waals surface area (Å²) in [6.45, 7) is 3.37. The number of rotatable bonds is 1. The highest BCUT2D eigenvalue weighted by molar-refractivity contribution is 5.96. The first kappa shape index (κ1) is 13.9. The Kier molecular flexibility index (Phi) is 3.57. The van der Waals surface area contributed by atoms with Gasteiger partial charge in [-0.05, 0) is 44.7 Å². The van der Waals surface area contributed by atoms with Gasteiger partial charge in [-0.25, -0.2) is 4.79 Å². The summed E-state index contributed by atoms with van der Waals surface area (Å²) in [5.41, 5.74) is 1.29. The monoisotopic (exact) mass is 287 g/mol. The summed E-state index contributed by atoms with van der Waals surface area (Å²) in [4.78, 5) is 26.6. The van der Waals surface area contributed by atoms with Crippen LogP contribution >= 0.6 is 0 Å². The number of nitrogens with zero attached hydrogens (tertiary/aromatic N) is 1. The van der Waals surface area contributed by atoms with Crippen molar-refractivity contribution < 1.29 is 9.59 Å². The van der Waals surface area contributed by atoms with E-state index in [9.17, 15) is 9.59 Å². The van der Waals surface area contributed by atoms with E-state index in [-0.39, 0.29) is 11.9 Å². The van der Waals surface area contributed by atoms with Crippen LogP contribution in [0.3, 0.4) is 0 Å². The van der Waals surface area contributed by atoms with Gasteiger partial charge in [0.15, 0.2) is 0 Å². The molecule has 2 fully saturated rings. The number of nitrogens with one attached hydrogen (secondary N) is 2. The lowest BCUT2D eigenvalue weighted by atomic mass is 9.86. The van der Waals surface area contributed by atoms with Gasteiger partial charge in [-0.1, -0.05) is 17.7 Å². The molecular weight excluding hydrogens is 266 g/mol. The maximum atomic E-state index is 12.6. The molecule has 1 aromatic rings. The summed E-state index contributed by atoms with van der Waals surface area (Å²) < 4.78 is 0. The fourth-order valence-corrected chi connectivity index (χ4v) is 3.36. The third-order valence-corrected chi connectivity index (χ3v) is 4.51. The molecule has 0 aliphatic carbocycles. The minimum absolute atomic E-state index is 0.00491. The van der Waals surface area contributed by atoms with Crippen LogP contribution in [0.15, 0.2) is 24.3 Å². The number of amides is 3. The van der Waals surface area contributed by atoms with Gasteiger partial charge in [0.2, 0.25) is 5.91 Å². The van der Waals surface area contributed by atoms with Crippen LogP contribution in [0.25, 0.3) is 0 Å². The van der Waals surface area contributed by atoms with Gasteiger partial charge in [-0.3, -0.25) is 4.79 Å². The Morgan fingerprint density at radius 3 is 2.67 bits per heavy atom. The number of hydrogen-bond donors (Lipinski definition) is 2. The van der Waals surface area contributed by atoms with E-state index in [0.717, 1.165) is 36.9 Å². The number of likely N-dealkylation sites (tertiary alicyclic amines) is 1. The highest BCUT2D eigenvalue weighted by Gasteiger charge is 2.50. The first-order chi connectivity index (χ1) is 10.1. The molecule has 0 aromatic heterocycles. The van der Waals surface area contributed by atoms with Crippen LogP contribution in [-0.4, -0.2) is 35.5 Å². The number of hydrogen-bond acceptors (Lipinski definition) is 2. The first-order valence-corrected chi connectivity index (χ1v) is 7.55. The highest BCUT2D eigenvalue weighted by atomic mass is 16.2. The normalized spacial score (nSPS) is 25.0. The van der Waals surface area contributed by atoms with E-state index in [1.807, 2.05) is 31.2 Å². The van der Waals surface area contributed by atoms with Gasteiger partial charge in [-0.15, -0.1) is 0 Å². The number of aryl methyl sites for hydroxylation is 1. The number of urea groups is 1. The summed E-state index contributed by atoms with van der Waals surface area (Å²) >= 11 is 0. The zero-order valence-electron chi connectivity index (χ0n) is 12.3. The highest BCUT2D eigenvalue weighted by Crippen LogP contribution is 2.36.